The van der Waals surface area contributed by atoms with Crippen molar-refractivity contribution in [1.82, 2.24) is 0 Å². The van der Waals surface area contributed by atoms with Crippen molar-refractivity contribution in [2.45, 2.75) is 31.1 Å². The highest BCUT2D eigenvalue weighted by molar-refractivity contribution is 5.84. The molecule has 1 aliphatic heterocycles. The molecule has 5 heteroatoms. The average Bonchev–Trinajstić information content (AvgIpc) is 3.06. The molecule has 1 aliphatic carbocycles. The third kappa shape index (κ3) is 1.72. The van der Waals surface area contributed by atoms with E-state index >= 15 is 0 Å². The Kier molecular flexibility index (Phi) is 2.77. The summed E-state index contributed by atoms with van der Waals surface area (Å²) in [5.41, 5.74) is -0.184. The summed E-state index contributed by atoms with van der Waals surface area (Å²) in [4.78, 5) is 11.8. The summed E-state index contributed by atoms with van der Waals surface area (Å²) in [6.07, 6.45) is 3.09. The molecule has 0 aromatic heterocycles. The zero-order chi connectivity index (χ0) is 13.5. The van der Waals surface area contributed by atoms with Crippen LogP contribution in [0.1, 0.15) is 31.2 Å². The Morgan fingerprint density at radius 1 is 1.32 bits per heavy atom. The number of carbonyl (C=O) groups is 1. The smallest absolute Gasteiger partial charge is 0.314 e. The van der Waals surface area contributed by atoms with Gasteiger partial charge in [0.1, 0.15) is 5.75 Å². The van der Waals surface area contributed by atoms with E-state index in [9.17, 15) is 9.90 Å². The summed E-state index contributed by atoms with van der Waals surface area (Å²) in [6, 6.07) is 3.50. The summed E-state index contributed by atoms with van der Waals surface area (Å²) < 4.78 is 16.1. The minimum Gasteiger partial charge on any atom is -0.497 e. The van der Waals surface area contributed by atoms with Gasteiger partial charge in [0.25, 0.3) is 0 Å². The Labute approximate surface area is 111 Å². The Balaban J connectivity index is 2.18. The largest absolute Gasteiger partial charge is 0.497 e. The molecule has 2 aliphatic rings. The van der Waals surface area contributed by atoms with Gasteiger partial charge in [0.05, 0.1) is 12.5 Å². The van der Waals surface area contributed by atoms with Crippen LogP contribution >= 0.6 is 0 Å². The third-order valence-corrected chi connectivity index (χ3v) is 4.06. The molecule has 0 amide bonds. The maximum atomic E-state index is 11.8. The lowest BCUT2D eigenvalue weighted by atomic mass is 9.78. The van der Waals surface area contributed by atoms with Crippen molar-refractivity contribution in [1.29, 1.82) is 0 Å². The summed E-state index contributed by atoms with van der Waals surface area (Å²) >= 11 is 0. The van der Waals surface area contributed by atoms with Gasteiger partial charge in [-0.1, -0.05) is 12.8 Å². The van der Waals surface area contributed by atoms with Gasteiger partial charge in [-0.25, -0.2) is 0 Å². The average molecular weight is 264 g/mol. The number of hydrogen-bond donors (Lipinski definition) is 1. The lowest BCUT2D eigenvalue weighted by molar-refractivity contribution is -0.143. The molecule has 102 valence electrons. The number of ether oxygens (including phenoxy) is 3. The van der Waals surface area contributed by atoms with Crippen molar-refractivity contribution in [3.05, 3.63) is 17.7 Å². The standard InChI is InChI=1S/C14H16O5/c1-17-9-6-10(12-11(7-9)18-8-19-12)14(13(15)16)4-2-3-5-14/h6-7H,2-5,8H2,1H3,(H,15,16). The molecule has 19 heavy (non-hydrogen) atoms. The van der Waals surface area contributed by atoms with Gasteiger partial charge in [-0.05, 0) is 18.9 Å². The molecular weight excluding hydrogens is 248 g/mol. The number of aliphatic carboxylic acids is 1. The lowest BCUT2D eigenvalue weighted by Crippen LogP contribution is -2.32. The van der Waals surface area contributed by atoms with Gasteiger partial charge in [0.2, 0.25) is 6.79 Å². The van der Waals surface area contributed by atoms with Crippen LogP contribution in [0, 0.1) is 0 Å². The van der Waals surface area contributed by atoms with Crippen LogP contribution in [0.25, 0.3) is 0 Å². The van der Waals surface area contributed by atoms with Gasteiger partial charge < -0.3 is 19.3 Å². The second-order valence-electron chi connectivity index (χ2n) is 5.00. The zero-order valence-electron chi connectivity index (χ0n) is 10.8. The first-order valence-corrected chi connectivity index (χ1v) is 6.39. The number of benzene rings is 1. The predicted molar refractivity (Wildman–Crippen MR) is 66.9 cm³/mol. The highest BCUT2D eigenvalue weighted by Gasteiger charge is 2.46. The van der Waals surface area contributed by atoms with Crippen LogP contribution in [-0.2, 0) is 10.2 Å². The van der Waals surface area contributed by atoms with Crippen LogP contribution in [0.2, 0.25) is 0 Å². The van der Waals surface area contributed by atoms with E-state index in [0.717, 1.165) is 12.8 Å². The van der Waals surface area contributed by atoms with Crippen molar-refractivity contribution in [2.75, 3.05) is 13.9 Å². The highest BCUT2D eigenvalue weighted by atomic mass is 16.7. The van der Waals surface area contributed by atoms with Crippen molar-refractivity contribution >= 4 is 5.97 Å². The molecule has 0 atom stereocenters. The van der Waals surface area contributed by atoms with E-state index in [-0.39, 0.29) is 6.79 Å². The summed E-state index contributed by atoms with van der Waals surface area (Å²) in [5, 5.41) is 9.67. The fourth-order valence-corrected chi connectivity index (χ4v) is 3.04. The first-order chi connectivity index (χ1) is 9.17. The number of methoxy groups -OCH3 is 1. The van der Waals surface area contributed by atoms with Crippen molar-refractivity contribution in [3.63, 3.8) is 0 Å². The molecule has 1 aromatic carbocycles. The van der Waals surface area contributed by atoms with Gasteiger partial charge in [0, 0.05) is 11.6 Å². The molecule has 1 fully saturated rings. The second kappa shape index (κ2) is 4.33. The number of carboxylic acids is 1. The van der Waals surface area contributed by atoms with Crippen LogP contribution in [-0.4, -0.2) is 25.0 Å². The second-order valence-corrected chi connectivity index (χ2v) is 5.00. The minimum absolute atomic E-state index is 0.130. The molecule has 1 N–H and O–H groups in total. The first-order valence-electron chi connectivity index (χ1n) is 6.39. The SMILES string of the molecule is COc1cc2c(c(C3(C(=O)O)CCCC3)c1)OCO2. The molecule has 1 aromatic rings. The quantitative estimate of drug-likeness (QED) is 0.907. The Morgan fingerprint density at radius 3 is 2.68 bits per heavy atom. The Hall–Kier alpha value is -1.91. The molecule has 1 saturated carbocycles. The van der Waals surface area contributed by atoms with Crippen LogP contribution in [0.15, 0.2) is 12.1 Å². The van der Waals surface area contributed by atoms with E-state index in [1.165, 1.54) is 0 Å². The van der Waals surface area contributed by atoms with Gasteiger partial charge in [0.15, 0.2) is 11.5 Å². The number of fused-ring (bicyclic) bond motifs is 1. The predicted octanol–water partition coefficient (Wildman–Crippen LogP) is 2.32. The van der Waals surface area contributed by atoms with Crippen molar-refractivity contribution < 1.29 is 24.1 Å². The minimum atomic E-state index is -0.869. The molecule has 5 nitrogen and oxygen atoms in total. The van der Waals surface area contributed by atoms with Crippen LogP contribution < -0.4 is 14.2 Å². The third-order valence-electron chi connectivity index (χ3n) is 4.06. The molecule has 0 spiro atoms. The molecule has 1 heterocycles. The molecule has 0 unspecified atom stereocenters. The van der Waals surface area contributed by atoms with Gasteiger partial charge in [-0.15, -0.1) is 0 Å². The van der Waals surface area contributed by atoms with Crippen LogP contribution in [0.3, 0.4) is 0 Å². The summed E-state index contributed by atoms with van der Waals surface area (Å²) in [5.74, 6) is 0.940. The zero-order valence-corrected chi connectivity index (χ0v) is 10.8. The van der Waals surface area contributed by atoms with E-state index in [1.807, 2.05) is 0 Å². The fraction of sp³-hybridized carbons (Fsp3) is 0.500. The maximum absolute atomic E-state index is 11.8. The van der Waals surface area contributed by atoms with Crippen LogP contribution in [0.4, 0.5) is 0 Å². The molecule has 0 bridgehead atoms. The highest BCUT2D eigenvalue weighted by Crippen LogP contribution is 2.50. The van der Waals surface area contributed by atoms with Gasteiger partial charge >= 0.3 is 5.97 Å². The van der Waals surface area contributed by atoms with Crippen molar-refractivity contribution in [3.8, 4) is 17.2 Å². The summed E-state index contributed by atoms with van der Waals surface area (Å²) in [7, 11) is 1.56. The molecule has 0 radical (unpaired) electrons. The van der Waals surface area contributed by atoms with Gasteiger partial charge in [-0.2, -0.15) is 0 Å². The van der Waals surface area contributed by atoms with Crippen molar-refractivity contribution in [2.24, 2.45) is 0 Å². The van der Waals surface area contributed by atoms with Gasteiger partial charge in [-0.3, -0.25) is 4.79 Å². The van der Waals surface area contributed by atoms with Crippen LogP contribution in [0.5, 0.6) is 17.2 Å². The summed E-state index contributed by atoms with van der Waals surface area (Å²) in [6.45, 7) is 0.130. The number of hydrogen-bond acceptors (Lipinski definition) is 4. The van der Waals surface area contributed by atoms with E-state index in [4.69, 9.17) is 14.2 Å². The molecule has 3 rings (SSSR count). The normalized spacial score (nSPS) is 19.4. The Bertz CT molecular complexity index is 517. The lowest BCUT2D eigenvalue weighted by Gasteiger charge is -2.26. The van der Waals surface area contributed by atoms with E-state index in [1.54, 1.807) is 19.2 Å². The fourth-order valence-electron chi connectivity index (χ4n) is 3.04. The van der Waals surface area contributed by atoms with E-state index in [2.05, 4.69) is 0 Å². The topological polar surface area (TPSA) is 65.0 Å². The Morgan fingerprint density at radius 2 is 2.05 bits per heavy atom. The molecule has 0 saturated heterocycles. The number of rotatable bonds is 3. The first kappa shape index (κ1) is 12.1. The van der Waals surface area contributed by atoms with E-state index < -0.39 is 11.4 Å². The monoisotopic (exact) mass is 264 g/mol. The van der Waals surface area contributed by atoms with E-state index in [0.29, 0.717) is 35.7 Å². The number of carboxylic acid groups (broad SMARTS) is 1. The molecular formula is C14H16O5. The maximum Gasteiger partial charge on any atom is 0.314 e.